The molecule has 6 saturated heterocycles. The van der Waals surface area contributed by atoms with Crippen LogP contribution in [0.2, 0.25) is 0 Å². The Bertz CT molecular complexity index is 681. The van der Waals surface area contributed by atoms with Gasteiger partial charge in [0.15, 0.2) is 0 Å². The molecule has 4 bridgehead atoms. The van der Waals surface area contributed by atoms with Crippen molar-refractivity contribution in [2.24, 2.45) is 11.3 Å². The van der Waals surface area contributed by atoms with E-state index in [4.69, 9.17) is 0 Å². The van der Waals surface area contributed by atoms with E-state index < -0.39 is 5.41 Å². The molecule has 1 aliphatic carbocycles. The second kappa shape index (κ2) is 10.1. The Morgan fingerprint density at radius 1 is 1.03 bits per heavy atom. The van der Waals surface area contributed by atoms with Crippen LogP contribution >= 0.6 is 0 Å². The van der Waals surface area contributed by atoms with Gasteiger partial charge in [0.1, 0.15) is 0 Å². The second-order valence-electron chi connectivity index (χ2n) is 11.4. The van der Waals surface area contributed by atoms with Gasteiger partial charge in [-0.15, -0.1) is 0 Å². The summed E-state index contributed by atoms with van der Waals surface area (Å²) in [5.41, 5.74) is -0.521. The lowest BCUT2D eigenvalue weighted by Crippen LogP contribution is -2.60. The van der Waals surface area contributed by atoms with Crippen molar-refractivity contribution in [2.45, 2.75) is 89.3 Å². The van der Waals surface area contributed by atoms with Crippen LogP contribution in [0.3, 0.4) is 0 Å². The van der Waals surface area contributed by atoms with Gasteiger partial charge in [0.2, 0.25) is 5.91 Å². The summed E-state index contributed by atoms with van der Waals surface area (Å²) in [5.74, 6) is 0.860. The minimum atomic E-state index is -0.521. The smallest absolute Gasteiger partial charge is 0.317 e. The molecule has 8 heteroatoms. The van der Waals surface area contributed by atoms with Crippen LogP contribution in [0.5, 0.6) is 0 Å². The van der Waals surface area contributed by atoms with Crippen LogP contribution in [0.15, 0.2) is 0 Å². The number of carbonyl (C=O) groups excluding carboxylic acids is 2. The van der Waals surface area contributed by atoms with E-state index in [1.54, 1.807) is 0 Å². The van der Waals surface area contributed by atoms with E-state index >= 15 is 0 Å². The molecule has 0 aromatic heterocycles. The van der Waals surface area contributed by atoms with Crippen LogP contribution in [0, 0.1) is 11.3 Å². The number of piperidine rings is 2. The highest BCUT2D eigenvalue weighted by atomic mass is 16.2. The molecule has 6 heterocycles. The third-order valence-corrected chi connectivity index (χ3v) is 8.88. The number of unbranched alkanes of at least 4 members (excludes halogenated alkanes) is 1. The van der Waals surface area contributed by atoms with E-state index in [-0.39, 0.29) is 11.9 Å². The Morgan fingerprint density at radius 2 is 1.85 bits per heavy atom. The fraction of sp³-hybridized carbons (Fsp3) is 0.920. The van der Waals surface area contributed by atoms with Gasteiger partial charge in [-0.25, -0.2) is 9.80 Å². The maximum absolute atomic E-state index is 14.4. The number of fused-ring (bicyclic) bond motifs is 8. The Kier molecular flexibility index (Phi) is 7.14. The second-order valence-corrected chi connectivity index (χ2v) is 11.4. The molecule has 4 atom stereocenters. The largest absolute Gasteiger partial charge is 0.335 e. The first-order chi connectivity index (χ1) is 16.1. The van der Waals surface area contributed by atoms with E-state index in [0.717, 1.165) is 64.7 Å². The van der Waals surface area contributed by atoms with Crippen LogP contribution in [0.4, 0.5) is 4.79 Å². The van der Waals surface area contributed by atoms with Gasteiger partial charge in [-0.3, -0.25) is 9.80 Å². The van der Waals surface area contributed by atoms with E-state index in [0.29, 0.717) is 43.7 Å². The number of amides is 3. The lowest BCUT2D eigenvalue weighted by molar-refractivity contribution is -0.163. The Morgan fingerprint density at radius 3 is 2.55 bits per heavy atom. The minimum Gasteiger partial charge on any atom is -0.335 e. The first kappa shape index (κ1) is 23.4. The van der Waals surface area contributed by atoms with Gasteiger partial charge in [0.25, 0.3) is 0 Å². The number of hydrazine groups is 1. The lowest BCUT2D eigenvalue weighted by Gasteiger charge is -2.44. The van der Waals surface area contributed by atoms with E-state index in [1.165, 1.54) is 25.7 Å². The molecule has 0 aromatic carbocycles. The molecular weight excluding hydrogens is 416 g/mol. The number of urea groups is 1. The summed E-state index contributed by atoms with van der Waals surface area (Å²) in [5, 5.41) is 15.1. The van der Waals surface area contributed by atoms with Crippen molar-refractivity contribution >= 4 is 11.9 Å². The molecule has 6 aliphatic heterocycles. The zero-order valence-corrected chi connectivity index (χ0v) is 20.5. The van der Waals surface area contributed by atoms with Gasteiger partial charge < -0.3 is 20.9 Å². The van der Waals surface area contributed by atoms with Gasteiger partial charge in [-0.1, -0.05) is 26.2 Å². The molecule has 7 fully saturated rings. The highest BCUT2D eigenvalue weighted by Crippen LogP contribution is 2.36. The quantitative estimate of drug-likeness (QED) is 0.564. The SMILES string of the molecule is CCCCN(C(=O)C12CCC(CN(C(=O)NC3CCCC3)C1)NC2)N1CC2CCC(C1)NC2. The number of carbonyl (C=O) groups is 2. The minimum absolute atomic E-state index is 0.0341. The van der Waals surface area contributed by atoms with Crippen molar-refractivity contribution in [2.75, 3.05) is 45.8 Å². The predicted molar refractivity (Wildman–Crippen MR) is 129 cm³/mol. The highest BCUT2D eigenvalue weighted by molar-refractivity contribution is 5.84. The molecule has 7 aliphatic rings. The van der Waals surface area contributed by atoms with E-state index in [1.807, 2.05) is 4.90 Å². The summed E-state index contributed by atoms with van der Waals surface area (Å²) in [4.78, 5) is 29.5. The normalized spacial score (nSPS) is 34.8. The standard InChI is InChI=1S/C25H44N6O2/c1-2-3-12-31(30-14-19-8-9-21(16-30)26-13-19)23(32)25-11-10-22(27-17-25)15-29(18-25)24(33)28-20-6-4-5-7-20/h19-22,26-27H,2-18H2,1H3,(H,28,33). The van der Waals surface area contributed by atoms with E-state index in [2.05, 4.69) is 32.9 Å². The maximum atomic E-state index is 14.4. The molecule has 4 unspecified atom stereocenters. The average molecular weight is 461 g/mol. The fourth-order valence-corrected chi connectivity index (χ4v) is 6.77. The summed E-state index contributed by atoms with van der Waals surface area (Å²) in [6.07, 6.45) is 11.0. The monoisotopic (exact) mass is 460 g/mol. The Hall–Kier alpha value is -1.38. The molecule has 0 spiro atoms. The van der Waals surface area contributed by atoms with Crippen molar-refractivity contribution in [3.8, 4) is 0 Å². The summed E-state index contributed by atoms with van der Waals surface area (Å²) in [7, 11) is 0. The van der Waals surface area contributed by atoms with Crippen molar-refractivity contribution < 1.29 is 9.59 Å². The lowest BCUT2D eigenvalue weighted by atomic mass is 9.78. The van der Waals surface area contributed by atoms with Crippen LogP contribution < -0.4 is 16.0 Å². The number of hydrogen-bond donors (Lipinski definition) is 3. The average Bonchev–Trinajstić information content (AvgIpc) is 3.00. The molecule has 0 aromatic rings. The summed E-state index contributed by atoms with van der Waals surface area (Å²) >= 11 is 0. The number of hydrogen-bond acceptors (Lipinski definition) is 5. The summed E-state index contributed by atoms with van der Waals surface area (Å²) < 4.78 is 0. The van der Waals surface area contributed by atoms with Gasteiger partial charge in [0.05, 0.1) is 5.41 Å². The van der Waals surface area contributed by atoms with Gasteiger partial charge >= 0.3 is 6.03 Å². The topological polar surface area (TPSA) is 80.0 Å². The van der Waals surface area contributed by atoms with E-state index in [9.17, 15) is 9.59 Å². The summed E-state index contributed by atoms with van der Waals surface area (Å²) in [6.45, 7) is 7.87. The Labute approximate surface area is 199 Å². The number of nitrogens with one attached hydrogen (secondary N) is 3. The zero-order valence-electron chi connectivity index (χ0n) is 20.5. The third kappa shape index (κ3) is 5.03. The molecular formula is C25H44N6O2. The van der Waals surface area contributed by atoms with Crippen molar-refractivity contribution in [1.29, 1.82) is 0 Å². The third-order valence-electron chi connectivity index (χ3n) is 8.88. The molecule has 3 N–H and O–H groups in total. The first-order valence-corrected chi connectivity index (χ1v) is 13.7. The highest BCUT2D eigenvalue weighted by Gasteiger charge is 2.50. The maximum Gasteiger partial charge on any atom is 0.317 e. The molecule has 0 radical (unpaired) electrons. The van der Waals surface area contributed by atoms with Crippen molar-refractivity contribution in [3.63, 3.8) is 0 Å². The molecule has 8 nitrogen and oxygen atoms in total. The van der Waals surface area contributed by atoms with Gasteiger partial charge in [-0.05, 0) is 57.4 Å². The fourth-order valence-electron chi connectivity index (χ4n) is 6.77. The van der Waals surface area contributed by atoms with Crippen molar-refractivity contribution in [1.82, 2.24) is 30.9 Å². The van der Waals surface area contributed by atoms with Crippen LogP contribution in [-0.2, 0) is 4.79 Å². The van der Waals surface area contributed by atoms with Crippen LogP contribution in [-0.4, -0.2) is 90.8 Å². The molecule has 3 amide bonds. The van der Waals surface area contributed by atoms with Gasteiger partial charge in [-0.2, -0.15) is 0 Å². The number of rotatable bonds is 6. The Balaban J connectivity index is 1.34. The van der Waals surface area contributed by atoms with Crippen molar-refractivity contribution in [3.05, 3.63) is 0 Å². The molecule has 186 valence electrons. The zero-order chi connectivity index (χ0) is 22.8. The van der Waals surface area contributed by atoms with Gasteiger partial charge in [0, 0.05) is 57.4 Å². The first-order valence-electron chi connectivity index (χ1n) is 13.7. The summed E-state index contributed by atoms with van der Waals surface area (Å²) in [6, 6.07) is 1.12. The molecule has 7 rings (SSSR count). The molecule has 33 heavy (non-hydrogen) atoms. The number of nitrogens with zero attached hydrogens (tertiary/aromatic N) is 3. The molecule has 1 saturated carbocycles. The van der Waals surface area contributed by atoms with Crippen LogP contribution in [0.25, 0.3) is 0 Å². The predicted octanol–water partition coefficient (Wildman–Crippen LogP) is 1.92. The van der Waals surface area contributed by atoms with Crippen LogP contribution in [0.1, 0.15) is 71.1 Å².